The first-order valence-corrected chi connectivity index (χ1v) is 9.24. The van der Waals surface area contributed by atoms with Crippen LogP contribution in [0.1, 0.15) is 36.1 Å². The van der Waals surface area contributed by atoms with Gasteiger partial charge in [0, 0.05) is 13.0 Å². The van der Waals surface area contributed by atoms with Gasteiger partial charge in [-0.2, -0.15) is 13.2 Å². The summed E-state index contributed by atoms with van der Waals surface area (Å²) in [6, 6.07) is 10.3. The minimum absolute atomic E-state index is 0.0601. The molecule has 0 bridgehead atoms. The highest BCUT2D eigenvalue weighted by molar-refractivity contribution is 6.08. The van der Waals surface area contributed by atoms with Crippen LogP contribution in [0.25, 0.3) is 0 Å². The van der Waals surface area contributed by atoms with E-state index in [1.165, 1.54) is 24.1 Å². The van der Waals surface area contributed by atoms with Crippen molar-refractivity contribution in [2.24, 2.45) is 0 Å². The average molecular weight is 419 g/mol. The smallest absolute Gasteiger partial charge is 0.416 e. The monoisotopic (exact) mass is 419 g/mol. The second-order valence-electron chi connectivity index (χ2n) is 6.85. The molecule has 158 valence electrons. The lowest BCUT2D eigenvalue weighted by molar-refractivity contribution is -0.137. The third kappa shape index (κ3) is 4.03. The van der Waals surface area contributed by atoms with Gasteiger partial charge in [-0.05, 0) is 35.4 Å². The summed E-state index contributed by atoms with van der Waals surface area (Å²) in [5.41, 5.74) is -0.172. The van der Waals surface area contributed by atoms with Crippen LogP contribution in [0.15, 0.2) is 59.9 Å². The molecule has 5 nitrogen and oxygen atoms in total. The second kappa shape index (κ2) is 8.22. The number of nitrogens with zero attached hydrogens (tertiary/aromatic N) is 1. The summed E-state index contributed by atoms with van der Waals surface area (Å²) in [5.74, 6) is -1.42. The molecule has 0 aromatic heterocycles. The van der Waals surface area contributed by atoms with E-state index >= 15 is 0 Å². The first-order valence-electron chi connectivity index (χ1n) is 9.24. The number of carbonyl (C=O) groups is 2. The Kier molecular flexibility index (Phi) is 5.87. The van der Waals surface area contributed by atoms with E-state index in [0.717, 1.165) is 12.1 Å². The minimum Gasteiger partial charge on any atom is -0.503 e. The SMILES string of the molecule is CCC(=O)C1=C(O)C(=O)N(Cc2cccc(C(F)(F)F)c2)C1c1cccc(OC)c1. The minimum atomic E-state index is -4.53. The Morgan fingerprint density at radius 2 is 1.87 bits per heavy atom. The lowest BCUT2D eigenvalue weighted by Crippen LogP contribution is -2.30. The van der Waals surface area contributed by atoms with E-state index in [1.807, 2.05) is 0 Å². The zero-order valence-electron chi connectivity index (χ0n) is 16.4. The number of aliphatic hydroxyl groups excluding tert-OH is 1. The fraction of sp³-hybridized carbons (Fsp3) is 0.273. The molecule has 1 unspecified atom stereocenters. The molecule has 1 amide bonds. The average Bonchev–Trinajstić information content (AvgIpc) is 2.97. The number of rotatable bonds is 6. The number of ether oxygens (including phenoxy) is 1. The van der Waals surface area contributed by atoms with Gasteiger partial charge in [0.1, 0.15) is 5.75 Å². The summed E-state index contributed by atoms with van der Waals surface area (Å²) < 4.78 is 44.4. The molecule has 3 rings (SSSR count). The van der Waals surface area contributed by atoms with Crippen LogP contribution in [0.4, 0.5) is 13.2 Å². The summed E-state index contributed by atoms with van der Waals surface area (Å²) in [6.45, 7) is 1.39. The van der Waals surface area contributed by atoms with Crippen molar-refractivity contribution in [3.8, 4) is 5.75 Å². The normalized spacial score (nSPS) is 16.9. The number of hydrogen-bond donors (Lipinski definition) is 1. The predicted octanol–water partition coefficient (Wildman–Crippen LogP) is 4.59. The van der Waals surface area contributed by atoms with Gasteiger partial charge in [0.2, 0.25) is 0 Å². The molecule has 1 heterocycles. The quantitative estimate of drug-likeness (QED) is 0.744. The number of ketones is 1. The van der Waals surface area contributed by atoms with Gasteiger partial charge in [0.05, 0.1) is 24.3 Å². The van der Waals surface area contributed by atoms with Crippen LogP contribution in [0.3, 0.4) is 0 Å². The van der Waals surface area contributed by atoms with Crippen molar-refractivity contribution >= 4 is 11.7 Å². The molecule has 0 spiro atoms. The van der Waals surface area contributed by atoms with Crippen molar-refractivity contribution in [1.82, 2.24) is 4.90 Å². The van der Waals surface area contributed by atoms with Crippen LogP contribution in [-0.2, 0) is 22.3 Å². The summed E-state index contributed by atoms with van der Waals surface area (Å²) in [5, 5.41) is 10.4. The van der Waals surface area contributed by atoms with Crippen LogP contribution < -0.4 is 4.74 Å². The lowest BCUT2D eigenvalue weighted by Gasteiger charge is -2.27. The molecule has 2 aromatic rings. The number of Topliss-reactive ketones (excluding diaryl/α,β-unsaturated/α-hetero) is 1. The van der Waals surface area contributed by atoms with Gasteiger partial charge in [-0.3, -0.25) is 9.59 Å². The Balaban J connectivity index is 2.06. The van der Waals surface area contributed by atoms with Gasteiger partial charge in [-0.25, -0.2) is 0 Å². The standard InChI is InChI=1S/C22H20F3NO4/c1-3-17(27)18-19(14-7-5-9-16(11-14)30-2)26(21(29)20(18)28)12-13-6-4-8-15(10-13)22(23,24)25/h4-11,19,28H,3,12H2,1-2H3. The van der Waals surface area contributed by atoms with E-state index in [2.05, 4.69) is 0 Å². The molecule has 8 heteroatoms. The van der Waals surface area contributed by atoms with Crippen molar-refractivity contribution in [2.75, 3.05) is 7.11 Å². The van der Waals surface area contributed by atoms with E-state index in [1.54, 1.807) is 31.2 Å². The Bertz CT molecular complexity index is 1010. The molecule has 1 N–H and O–H groups in total. The Hall–Kier alpha value is -3.29. The van der Waals surface area contributed by atoms with Gasteiger partial charge in [0.25, 0.3) is 5.91 Å². The molecule has 2 aromatic carbocycles. The number of amides is 1. The fourth-order valence-corrected chi connectivity index (χ4v) is 3.49. The van der Waals surface area contributed by atoms with Crippen molar-refractivity contribution in [2.45, 2.75) is 32.1 Å². The number of methoxy groups -OCH3 is 1. The second-order valence-corrected chi connectivity index (χ2v) is 6.85. The van der Waals surface area contributed by atoms with Gasteiger partial charge < -0.3 is 14.7 Å². The van der Waals surface area contributed by atoms with Crippen LogP contribution in [-0.4, -0.2) is 28.8 Å². The van der Waals surface area contributed by atoms with Crippen molar-refractivity contribution in [1.29, 1.82) is 0 Å². The van der Waals surface area contributed by atoms with Crippen molar-refractivity contribution < 1.29 is 32.6 Å². The summed E-state index contributed by atoms with van der Waals surface area (Å²) in [7, 11) is 1.46. The summed E-state index contributed by atoms with van der Waals surface area (Å²) in [6.07, 6.45) is -4.47. The first-order chi connectivity index (χ1) is 14.2. The van der Waals surface area contributed by atoms with Crippen LogP contribution in [0.5, 0.6) is 5.75 Å². The Morgan fingerprint density at radius 3 is 2.50 bits per heavy atom. The molecule has 0 fully saturated rings. The number of halogens is 3. The summed E-state index contributed by atoms with van der Waals surface area (Å²) >= 11 is 0. The zero-order valence-corrected chi connectivity index (χ0v) is 16.4. The molecule has 1 aliphatic heterocycles. The zero-order chi connectivity index (χ0) is 22.1. The van der Waals surface area contributed by atoms with E-state index in [0.29, 0.717) is 11.3 Å². The molecule has 30 heavy (non-hydrogen) atoms. The highest BCUT2D eigenvalue weighted by atomic mass is 19.4. The molecule has 0 saturated carbocycles. The fourth-order valence-electron chi connectivity index (χ4n) is 3.49. The third-order valence-electron chi connectivity index (χ3n) is 4.94. The van der Waals surface area contributed by atoms with Crippen molar-refractivity contribution in [3.63, 3.8) is 0 Å². The molecular formula is C22H20F3NO4. The maximum atomic E-state index is 13.1. The topological polar surface area (TPSA) is 66.8 Å². The van der Waals surface area contributed by atoms with E-state index in [9.17, 15) is 27.9 Å². The molecule has 0 saturated heterocycles. The van der Waals surface area contributed by atoms with Crippen LogP contribution >= 0.6 is 0 Å². The Morgan fingerprint density at radius 1 is 1.17 bits per heavy atom. The number of carbonyl (C=O) groups excluding carboxylic acids is 2. The Labute approximate surface area is 171 Å². The third-order valence-corrected chi connectivity index (χ3v) is 4.94. The number of aliphatic hydroxyl groups is 1. The maximum absolute atomic E-state index is 13.1. The maximum Gasteiger partial charge on any atom is 0.416 e. The van der Waals surface area contributed by atoms with Crippen LogP contribution in [0.2, 0.25) is 0 Å². The van der Waals surface area contributed by atoms with Gasteiger partial charge in [-0.15, -0.1) is 0 Å². The molecule has 0 aliphatic carbocycles. The van der Waals surface area contributed by atoms with E-state index in [4.69, 9.17) is 4.74 Å². The largest absolute Gasteiger partial charge is 0.503 e. The number of alkyl halides is 3. The first kappa shape index (κ1) is 21.4. The van der Waals surface area contributed by atoms with Gasteiger partial charge in [0.15, 0.2) is 11.5 Å². The van der Waals surface area contributed by atoms with E-state index in [-0.39, 0.29) is 24.1 Å². The van der Waals surface area contributed by atoms with Crippen molar-refractivity contribution in [3.05, 3.63) is 76.6 Å². The van der Waals surface area contributed by atoms with Crippen LogP contribution in [0, 0.1) is 0 Å². The highest BCUT2D eigenvalue weighted by Crippen LogP contribution is 2.40. The van der Waals surface area contributed by atoms with E-state index < -0.39 is 35.2 Å². The predicted molar refractivity (Wildman–Crippen MR) is 103 cm³/mol. The summed E-state index contributed by atoms with van der Waals surface area (Å²) in [4.78, 5) is 26.5. The van der Waals surface area contributed by atoms with Gasteiger partial charge >= 0.3 is 6.18 Å². The molecule has 1 aliphatic rings. The van der Waals surface area contributed by atoms with Gasteiger partial charge in [-0.1, -0.05) is 31.2 Å². The lowest BCUT2D eigenvalue weighted by atomic mass is 9.94. The number of benzene rings is 2. The molecular weight excluding hydrogens is 399 g/mol. The highest BCUT2D eigenvalue weighted by Gasteiger charge is 2.43. The molecule has 0 radical (unpaired) electrons. The molecule has 1 atom stereocenters. The number of hydrogen-bond acceptors (Lipinski definition) is 4.